The number of benzene rings is 2. The lowest BCUT2D eigenvalue weighted by molar-refractivity contribution is 0.0956. The first-order valence-electron chi connectivity index (χ1n) is 6.41. The van der Waals surface area contributed by atoms with Crippen molar-refractivity contribution in [3.8, 4) is 5.75 Å². The molecule has 0 fully saturated rings. The summed E-state index contributed by atoms with van der Waals surface area (Å²) in [6.45, 7) is 1.89. The number of carbonyl (C=O) groups is 1. The number of nitrogens with zero attached hydrogens (tertiary/aromatic N) is 1. The first kappa shape index (κ1) is 13.2. The number of methoxy groups -OCH3 is 1. The van der Waals surface area contributed by atoms with Gasteiger partial charge in [-0.2, -0.15) is 0 Å². The highest BCUT2D eigenvalue weighted by Crippen LogP contribution is 2.18. The molecule has 0 atom stereocenters. The second kappa shape index (κ2) is 4.94. The van der Waals surface area contributed by atoms with Crippen molar-refractivity contribution in [3.05, 3.63) is 64.1 Å². The van der Waals surface area contributed by atoms with Crippen molar-refractivity contribution >= 4 is 17.0 Å². The van der Waals surface area contributed by atoms with Gasteiger partial charge in [-0.25, -0.2) is 9.36 Å². The number of carbonyl (C=O) groups excluding carboxylic acids is 1. The van der Waals surface area contributed by atoms with E-state index >= 15 is 0 Å². The van der Waals surface area contributed by atoms with Crippen molar-refractivity contribution in [1.29, 1.82) is 0 Å². The summed E-state index contributed by atoms with van der Waals surface area (Å²) in [6, 6.07) is 11.9. The van der Waals surface area contributed by atoms with Gasteiger partial charge in [-0.1, -0.05) is 12.1 Å². The zero-order valence-corrected chi connectivity index (χ0v) is 11.6. The summed E-state index contributed by atoms with van der Waals surface area (Å²) in [4.78, 5) is 24.5. The van der Waals surface area contributed by atoms with Gasteiger partial charge in [-0.05, 0) is 42.8 Å². The minimum absolute atomic E-state index is 0.361. The van der Waals surface area contributed by atoms with Gasteiger partial charge in [0.2, 0.25) is 0 Å². The van der Waals surface area contributed by atoms with Crippen LogP contribution in [0.2, 0.25) is 0 Å². The Labute approximate surface area is 120 Å². The zero-order chi connectivity index (χ0) is 15.0. The lowest BCUT2D eigenvalue weighted by Crippen LogP contribution is -2.23. The molecular weight excluding hydrogens is 270 g/mol. The van der Waals surface area contributed by atoms with Crippen LogP contribution in [0.25, 0.3) is 11.1 Å². The fourth-order valence-corrected chi connectivity index (χ4v) is 2.20. The van der Waals surface area contributed by atoms with Gasteiger partial charge in [0.1, 0.15) is 5.75 Å². The van der Waals surface area contributed by atoms with Crippen molar-refractivity contribution in [2.24, 2.45) is 0 Å². The minimum Gasteiger partial charge on any atom is -0.497 e. The van der Waals surface area contributed by atoms with Crippen molar-refractivity contribution in [1.82, 2.24) is 4.57 Å². The van der Waals surface area contributed by atoms with E-state index in [1.807, 2.05) is 13.0 Å². The summed E-state index contributed by atoms with van der Waals surface area (Å²) >= 11 is 0. The van der Waals surface area contributed by atoms with Crippen molar-refractivity contribution in [2.45, 2.75) is 6.92 Å². The molecule has 0 aliphatic carbocycles. The van der Waals surface area contributed by atoms with E-state index in [4.69, 9.17) is 9.15 Å². The van der Waals surface area contributed by atoms with E-state index in [1.54, 1.807) is 36.4 Å². The van der Waals surface area contributed by atoms with Crippen LogP contribution < -0.4 is 10.5 Å². The van der Waals surface area contributed by atoms with Gasteiger partial charge in [0.05, 0.1) is 12.6 Å². The Morgan fingerprint density at radius 2 is 2.00 bits per heavy atom. The first-order chi connectivity index (χ1) is 10.1. The molecule has 0 radical (unpaired) electrons. The summed E-state index contributed by atoms with van der Waals surface area (Å²) in [5.74, 6) is -0.581. The second-order valence-electron chi connectivity index (χ2n) is 4.71. The smallest absolute Gasteiger partial charge is 0.427 e. The molecule has 106 valence electrons. The van der Waals surface area contributed by atoms with Gasteiger partial charge in [-0.15, -0.1) is 0 Å². The minimum atomic E-state index is -0.691. The largest absolute Gasteiger partial charge is 0.497 e. The van der Waals surface area contributed by atoms with E-state index < -0.39 is 11.7 Å². The first-order valence-corrected chi connectivity index (χ1v) is 6.41. The van der Waals surface area contributed by atoms with Gasteiger partial charge in [0.25, 0.3) is 5.91 Å². The molecule has 0 bridgehead atoms. The Morgan fingerprint density at radius 1 is 1.19 bits per heavy atom. The summed E-state index contributed by atoms with van der Waals surface area (Å²) in [5, 5.41) is 0. The number of rotatable bonds is 2. The molecular formula is C16H13NO4. The fourth-order valence-electron chi connectivity index (χ4n) is 2.20. The lowest BCUT2D eigenvalue weighted by atomic mass is 10.2. The van der Waals surface area contributed by atoms with Crippen LogP contribution in [-0.2, 0) is 0 Å². The van der Waals surface area contributed by atoms with E-state index in [1.165, 1.54) is 7.11 Å². The molecule has 5 heteroatoms. The monoisotopic (exact) mass is 283 g/mol. The Bertz CT molecular complexity index is 889. The predicted octanol–water partition coefficient (Wildman–Crippen LogP) is 2.60. The summed E-state index contributed by atoms with van der Waals surface area (Å²) in [7, 11) is 1.52. The molecule has 3 aromatic rings. The number of hydrogen-bond donors (Lipinski definition) is 0. The standard InChI is InChI=1S/C16H13NO4/c1-10-6-7-13-14(8-10)21-16(19)17(13)15(18)11-4-3-5-12(9-11)20-2/h3-9H,1-2H3. The Morgan fingerprint density at radius 3 is 2.76 bits per heavy atom. The molecule has 1 aromatic heterocycles. The normalized spacial score (nSPS) is 10.8. The maximum absolute atomic E-state index is 12.5. The maximum Gasteiger partial charge on any atom is 0.427 e. The van der Waals surface area contributed by atoms with Crippen LogP contribution in [0, 0.1) is 6.92 Å². The van der Waals surface area contributed by atoms with Crippen LogP contribution in [-0.4, -0.2) is 17.6 Å². The van der Waals surface area contributed by atoms with Gasteiger partial charge in [-0.3, -0.25) is 4.79 Å². The molecule has 0 aliphatic heterocycles. The molecule has 3 rings (SSSR count). The van der Waals surface area contributed by atoms with E-state index in [-0.39, 0.29) is 0 Å². The number of aryl methyl sites for hydroxylation is 1. The molecule has 0 N–H and O–H groups in total. The topological polar surface area (TPSA) is 61.4 Å². The number of ether oxygens (including phenoxy) is 1. The number of aromatic nitrogens is 1. The average molecular weight is 283 g/mol. The molecule has 21 heavy (non-hydrogen) atoms. The Balaban J connectivity index is 2.17. The molecule has 0 amide bonds. The van der Waals surface area contributed by atoms with E-state index in [2.05, 4.69) is 0 Å². The SMILES string of the molecule is COc1cccc(C(=O)n2c(=O)oc3cc(C)ccc32)c1. The summed E-state index contributed by atoms with van der Waals surface area (Å²) in [5.41, 5.74) is 2.17. The van der Waals surface area contributed by atoms with Crippen molar-refractivity contribution in [3.63, 3.8) is 0 Å². The van der Waals surface area contributed by atoms with Crippen LogP contribution in [0.5, 0.6) is 5.75 Å². The Kier molecular flexibility index (Phi) is 3.10. The van der Waals surface area contributed by atoms with Gasteiger partial charge in [0, 0.05) is 5.56 Å². The maximum atomic E-state index is 12.5. The molecule has 0 saturated carbocycles. The zero-order valence-electron chi connectivity index (χ0n) is 11.6. The van der Waals surface area contributed by atoms with E-state index in [0.717, 1.165) is 10.1 Å². The quantitative estimate of drug-likeness (QED) is 0.725. The van der Waals surface area contributed by atoms with Crippen LogP contribution in [0.1, 0.15) is 15.9 Å². The fraction of sp³-hybridized carbons (Fsp3) is 0.125. The third-order valence-electron chi connectivity index (χ3n) is 3.26. The van der Waals surface area contributed by atoms with Crippen LogP contribution >= 0.6 is 0 Å². The van der Waals surface area contributed by atoms with Gasteiger partial charge < -0.3 is 9.15 Å². The van der Waals surface area contributed by atoms with E-state index in [0.29, 0.717) is 22.4 Å². The van der Waals surface area contributed by atoms with Crippen LogP contribution in [0.4, 0.5) is 0 Å². The van der Waals surface area contributed by atoms with Crippen molar-refractivity contribution < 1.29 is 13.9 Å². The third kappa shape index (κ3) is 2.23. The second-order valence-corrected chi connectivity index (χ2v) is 4.71. The van der Waals surface area contributed by atoms with E-state index in [9.17, 15) is 9.59 Å². The Hall–Kier alpha value is -2.82. The van der Waals surface area contributed by atoms with Crippen molar-refractivity contribution in [2.75, 3.05) is 7.11 Å². The molecule has 2 aromatic carbocycles. The average Bonchev–Trinajstić information content (AvgIpc) is 2.81. The molecule has 5 nitrogen and oxygen atoms in total. The summed E-state index contributed by atoms with van der Waals surface area (Å²) in [6.07, 6.45) is 0. The highest BCUT2D eigenvalue weighted by molar-refractivity contribution is 6.00. The number of fused-ring (bicyclic) bond motifs is 1. The highest BCUT2D eigenvalue weighted by Gasteiger charge is 2.18. The lowest BCUT2D eigenvalue weighted by Gasteiger charge is -2.04. The van der Waals surface area contributed by atoms with Crippen LogP contribution in [0.3, 0.4) is 0 Å². The molecule has 1 heterocycles. The van der Waals surface area contributed by atoms with Crippen LogP contribution in [0.15, 0.2) is 51.7 Å². The summed E-state index contributed by atoms with van der Waals surface area (Å²) < 4.78 is 11.3. The number of oxazole rings is 1. The molecule has 0 aliphatic rings. The van der Waals surface area contributed by atoms with Gasteiger partial charge in [0.15, 0.2) is 5.58 Å². The third-order valence-corrected chi connectivity index (χ3v) is 3.26. The molecule has 0 saturated heterocycles. The predicted molar refractivity (Wildman–Crippen MR) is 77.9 cm³/mol. The highest BCUT2D eigenvalue weighted by atomic mass is 16.5. The van der Waals surface area contributed by atoms with Gasteiger partial charge >= 0.3 is 5.76 Å². The molecule has 0 unspecified atom stereocenters. The number of hydrogen-bond acceptors (Lipinski definition) is 4. The molecule has 0 spiro atoms.